The minimum Gasteiger partial charge on any atom is -0.481 e. The van der Waals surface area contributed by atoms with Gasteiger partial charge in [-0.05, 0) is 42.8 Å². The number of rotatable bonds is 4. The smallest absolute Gasteiger partial charge is 0.305 e. The molecule has 1 aromatic heterocycles. The molecular weight excluding hydrogens is 410 g/mol. The van der Waals surface area contributed by atoms with Crippen LogP contribution in [-0.2, 0) is 23.2 Å². The fourth-order valence-electron chi connectivity index (χ4n) is 4.05. The summed E-state index contributed by atoms with van der Waals surface area (Å²) in [6.07, 6.45) is -0.320. The summed E-state index contributed by atoms with van der Waals surface area (Å²) >= 11 is 0. The van der Waals surface area contributed by atoms with Crippen LogP contribution in [0.4, 0.5) is 11.4 Å². The van der Waals surface area contributed by atoms with Crippen molar-refractivity contribution in [3.8, 4) is 0 Å². The highest BCUT2D eigenvalue weighted by molar-refractivity contribution is 6.09. The number of carbonyl (C=O) groups is 3. The zero-order valence-electron chi connectivity index (χ0n) is 18.4. The van der Waals surface area contributed by atoms with Crippen LogP contribution in [0.2, 0.25) is 0 Å². The van der Waals surface area contributed by atoms with Crippen LogP contribution in [0.3, 0.4) is 0 Å². The first kappa shape index (κ1) is 21.4. The van der Waals surface area contributed by atoms with Crippen LogP contribution in [0, 0.1) is 6.92 Å². The molecule has 0 aliphatic carbocycles. The Balaban J connectivity index is 1.67. The van der Waals surface area contributed by atoms with Crippen molar-refractivity contribution in [1.29, 1.82) is 0 Å². The van der Waals surface area contributed by atoms with Crippen LogP contribution < -0.4 is 10.2 Å². The number of nitrogens with one attached hydrogen (secondary N) is 1. The SMILES string of the molecule is Cc1nc2c(N(C)C(=O)c3ccc4c(c3)CN(C)C(=O)C(CC(=O)O)N4)cccc2n1C. The lowest BCUT2D eigenvalue weighted by molar-refractivity contribution is -0.141. The third-order valence-electron chi connectivity index (χ3n) is 5.92. The van der Waals surface area contributed by atoms with Gasteiger partial charge in [0.1, 0.15) is 17.4 Å². The summed E-state index contributed by atoms with van der Waals surface area (Å²) in [5.41, 5.74) is 4.26. The molecule has 2 amide bonds. The topological polar surface area (TPSA) is 108 Å². The number of fused-ring (bicyclic) bond motifs is 2. The molecule has 166 valence electrons. The van der Waals surface area contributed by atoms with Gasteiger partial charge in [-0.1, -0.05) is 6.07 Å². The summed E-state index contributed by atoms with van der Waals surface area (Å²) < 4.78 is 1.98. The minimum atomic E-state index is -1.06. The van der Waals surface area contributed by atoms with E-state index in [1.54, 1.807) is 37.2 Å². The second kappa shape index (κ2) is 7.99. The molecule has 0 fully saturated rings. The fourth-order valence-corrected chi connectivity index (χ4v) is 4.05. The molecule has 1 unspecified atom stereocenters. The maximum absolute atomic E-state index is 13.3. The number of hydrogen-bond donors (Lipinski definition) is 2. The molecule has 0 spiro atoms. The summed E-state index contributed by atoms with van der Waals surface area (Å²) in [5, 5.41) is 12.1. The summed E-state index contributed by atoms with van der Waals surface area (Å²) in [5.74, 6) is -0.706. The van der Waals surface area contributed by atoms with Crippen molar-refractivity contribution in [3.63, 3.8) is 0 Å². The Kier molecular flexibility index (Phi) is 5.33. The first-order valence-electron chi connectivity index (χ1n) is 10.2. The standard InChI is InChI=1S/C23H25N5O4/c1-13-24-21-18(27(13)3)6-5-7-19(21)28(4)22(31)14-8-9-16-15(10-14)12-26(2)23(32)17(25-16)11-20(29)30/h5-10,17,25H,11-12H2,1-4H3,(H,29,30). The highest BCUT2D eigenvalue weighted by Gasteiger charge is 2.29. The number of benzene rings is 2. The van der Waals surface area contributed by atoms with Gasteiger partial charge >= 0.3 is 5.97 Å². The van der Waals surface area contributed by atoms with Gasteiger partial charge in [-0.2, -0.15) is 0 Å². The number of imidazole rings is 1. The average molecular weight is 435 g/mol. The molecule has 2 heterocycles. The van der Waals surface area contributed by atoms with E-state index in [0.29, 0.717) is 16.9 Å². The monoisotopic (exact) mass is 435 g/mol. The van der Waals surface area contributed by atoms with Crippen LogP contribution in [0.15, 0.2) is 36.4 Å². The molecule has 9 nitrogen and oxygen atoms in total. The summed E-state index contributed by atoms with van der Waals surface area (Å²) in [6.45, 7) is 2.19. The number of aryl methyl sites for hydroxylation is 2. The number of nitrogens with zero attached hydrogens (tertiary/aromatic N) is 4. The largest absolute Gasteiger partial charge is 0.481 e. The molecule has 3 aromatic rings. The van der Waals surface area contributed by atoms with E-state index in [4.69, 9.17) is 5.11 Å². The van der Waals surface area contributed by atoms with E-state index >= 15 is 0 Å². The van der Waals surface area contributed by atoms with Gasteiger partial charge in [-0.25, -0.2) is 4.98 Å². The van der Waals surface area contributed by atoms with Gasteiger partial charge in [0, 0.05) is 38.9 Å². The van der Waals surface area contributed by atoms with Gasteiger partial charge in [-0.3, -0.25) is 14.4 Å². The maximum Gasteiger partial charge on any atom is 0.305 e. The fraction of sp³-hybridized carbons (Fsp3) is 0.304. The van der Waals surface area contributed by atoms with Crippen molar-refractivity contribution in [2.75, 3.05) is 24.3 Å². The van der Waals surface area contributed by atoms with E-state index in [-0.39, 0.29) is 24.8 Å². The normalized spacial score (nSPS) is 15.8. The number of aliphatic carboxylic acids is 1. The van der Waals surface area contributed by atoms with Crippen LogP contribution >= 0.6 is 0 Å². The zero-order valence-corrected chi connectivity index (χ0v) is 18.4. The lowest BCUT2D eigenvalue weighted by Crippen LogP contribution is -2.39. The Morgan fingerprint density at radius 2 is 2.00 bits per heavy atom. The number of para-hydroxylation sites is 1. The van der Waals surface area contributed by atoms with Gasteiger partial charge in [0.25, 0.3) is 5.91 Å². The lowest BCUT2D eigenvalue weighted by Gasteiger charge is -2.19. The minimum absolute atomic E-state index is 0.205. The second-order valence-electron chi connectivity index (χ2n) is 8.09. The summed E-state index contributed by atoms with van der Waals surface area (Å²) in [7, 11) is 5.27. The number of carbonyl (C=O) groups excluding carboxylic acids is 2. The van der Waals surface area contributed by atoms with E-state index in [0.717, 1.165) is 22.4 Å². The zero-order chi connectivity index (χ0) is 23.2. The molecule has 1 aliphatic rings. The summed E-state index contributed by atoms with van der Waals surface area (Å²) in [4.78, 5) is 44.7. The first-order valence-corrected chi connectivity index (χ1v) is 10.2. The number of aromatic nitrogens is 2. The predicted molar refractivity (Wildman–Crippen MR) is 121 cm³/mol. The van der Waals surface area contributed by atoms with Crippen molar-refractivity contribution >= 4 is 40.2 Å². The van der Waals surface area contributed by atoms with Crippen molar-refractivity contribution in [2.24, 2.45) is 7.05 Å². The highest BCUT2D eigenvalue weighted by Crippen LogP contribution is 2.29. The number of likely N-dealkylation sites (N-methyl/N-ethyl adjacent to an activating group) is 1. The van der Waals surface area contributed by atoms with Crippen molar-refractivity contribution in [2.45, 2.75) is 25.9 Å². The van der Waals surface area contributed by atoms with Gasteiger partial charge in [-0.15, -0.1) is 0 Å². The van der Waals surface area contributed by atoms with Crippen LogP contribution in [0.25, 0.3) is 11.0 Å². The molecule has 9 heteroatoms. The lowest BCUT2D eigenvalue weighted by atomic mass is 10.1. The van der Waals surface area contributed by atoms with Crippen LogP contribution in [0.5, 0.6) is 0 Å². The number of carboxylic acid groups (broad SMARTS) is 1. The van der Waals surface area contributed by atoms with E-state index < -0.39 is 12.0 Å². The molecule has 2 N–H and O–H groups in total. The van der Waals surface area contributed by atoms with E-state index in [1.165, 1.54) is 4.90 Å². The Hall–Kier alpha value is -3.88. The Labute approximate surface area is 185 Å². The Morgan fingerprint density at radius 1 is 1.25 bits per heavy atom. The van der Waals surface area contributed by atoms with Gasteiger partial charge < -0.3 is 24.8 Å². The van der Waals surface area contributed by atoms with Gasteiger partial charge in [0.2, 0.25) is 5.91 Å². The Bertz CT molecular complexity index is 1250. The molecule has 0 saturated carbocycles. The average Bonchev–Trinajstić information content (AvgIpc) is 2.99. The maximum atomic E-state index is 13.3. The van der Waals surface area contributed by atoms with Crippen molar-refractivity contribution < 1.29 is 19.5 Å². The van der Waals surface area contributed by atoms with E-state index in [1.807, 2.05) is 36.7 Å². The van der Waals surface area contributed by atoms with Gasteiger partial charge in [0.15, 0.2) is 0 Å². The highest BCUT2D eigenvalue weighted by atomic mass is 16.4. The molecular formula is C23H25N5O4. The Morgan fingerprint density at radius 3 is 2.72 bits per heavy atom. The molecule has 1 aliphatic heterocycles. The number of carboxylic acids is 1. The third kappa shape index (κ3) is 3.66. The molecule has 0 saturated heterocycles. The number of anilines is 2. The molecule has 0 bridgehead atoms. The van der Waals surface area contributed by atoms with E-state index in [2.05, 4.69) is 10.3 Å². The molecule has 1 atom stereocenters. The van der Waals surface area contributed by atoms with Gasteiger partial charge in [0.05, 0.1) is 17.6 Å². The van der Waals surface area contributed by atoms with Crippen LogP contribution in [-0.4, -0.2) is 57.5 Å². The number of hydrogen-bond acceptors (Lipinski definition) is 5. The quantitative estimate of drug-likeness (QED) is 0.652. The number of amides is 2. The molecule has 32 heavy (non-hydrogen) atoms. The van der Waals surface area contributed by atoms with Crippen molar-refractivity contribution in [1.82, 2.24) is 14.5 Å². The molecule has 4 rings (SSSR count). The summed E-state index contributed by atoms with van der Waals surface area (Å²) in [6, 6.07) is 10.0. The molecule has 0 radical (unpaired) electrons. The van der Waals surface area contributed by atoms with E-state index in [9.17, 15) is 14.4 Å². The second-order valence-corrected chi connectivity index (χ2v) is 8.09. The third-order valence-corrected chi connectivity index (χ3v) is 5.92. The molecule has 2 aromatic carbocycles. The predicted octanol–water partition coefficient (Wildman–Crippen LogP) is 2.39. The van der Waals surface area contributed by atoms with Crippen molar-refractivity contribution in [3.05, 3.63) is 53.3 Å². The van der Waals surface area contributed by atoms with Crippen LogP contribution in [0.1, 0.15) is 28.2 Å². The first-order chi connectivity index (χ1) is 15.2.